The van der Waals surface area contributed by atoms with E-state index in [1.165, 1.54) is 37.5 Å². The van der Waals surface area contributed by atoms with Gasteiger partial charge in [-0.3, -0.25) is 9.52 Å². The molecular formula is C25H25Cl2NO5S. The lowest BCUT2D eigenvalue weighted by molar-refractivity contribution is -0.147. The Hall–Kier alpha value is -2.09. The van der Waals surface area contributed by atoms with Crippen molar-refractivity contribution in [2.45, 2.75) is 43.4 Å². The Morgan fingerprint density at radius 2 is 1.56 bits per heavy atom. The maximum atomic E-state index is 13.1. The van der Waals surface area contributed by atoms with Crippen LogP contribution in [0.5, 0.6) is 0 Å². The smallest absolute Gasteiger partial charge is 0.338 e. The number of hydrogen-bond acceptors (Lipinski definition) is 5. The van der Waals surface area contributed by atoms with Crippen LogP contribution in [0.25, 0.3) is 0 Å². The monoisotopic (exact) mass is 521 g/mol. The van der Waals surface area contributed by atoms with Gasteiger partial charge in [-0.1, -0.05) is 35.3 Å². The zero-order valence-corrected chi connectivity index (χ0v) is 20.8. The minimum absolute atomic E-state index is 0.00208. The highest BCUT2D eigenvalue weighted by molar-refractivity contribution is 7.92. The van der Waals surface area contributed by atoms with Gasteiger partial charge < -0.3 is 4.74 Å². The quantitative estimate of drug-likeness (QED) is 0.469. The standard InChI is InChI=1S/C25H25Cl2NO5S/c26-19-3-1-2-4-21(19)28-34(31,32)22-10-18(5-6-20(22)27)24(30)33-14-23(29)25-11-15-7-16(12-25)9-17(8-15)13-25/h1-6,10,15-17,28H,7-9,11-14H2. The maximum Gasteiger partial charge on any atom is 0.338 e. The number of benzene rings is 2. The average Bonchev–Trinajstić information content (AvgIpc) is 2.78. The van der Waals surface area contributed by atoms with Gasteiger partial charge in [0.05, 0.1) is 21.3 Å². The van der Waals surface area contributed by atoms with Crippen molar-refractivity contribution in [3.05, 3.63) is 58.1 Å². The first-order valence-corrected chi connectivity index (χ1v) is 13.7. The number of ketones is 1. The van der Waals surface area contributed by atoms with Gasteiger partial charge in [0.1, 0.15) is 4.90 Å². The number of Topliss-reactive ketones (excluding diaryl/α,β-unsaturated/α-hetero) is 1. The number of esters is 1. The first-order valence-electron chi connectivity index (χ1n) is 11.4. The van der Waals surface area contributed by atoms with Gasteiger partial charge in [-0.25, -0.2) is 13.2 Å². The lowest BCUT2D eigenvalue weighted by Gasteiger charge is -2.55. The molecule has 0 aromatic heterocycles. The third kappa shape index (κ3) is 4.45. The molecule has 4 bridgehead atoms. The fraction of sp³-hybridized carbons (Fsp3) is 0.440. The van der Waals surface area contributed by atoms with E-state index in [9.17, 15) is 18.0 Å². The second-order valence-corrected chi connectivity index (χ2v) is 12.4. The molecule has 6 rings (SSSR count). The highest BCUT2D eigenvalue weighted by atomic mass is 35.5. The Morgan fingerprint density at radius 1 is 0.941 bits per heavy atom. The Labute approximate surface area is 209 Å². The topological polar surface area (TPSA) is 89.5 Å². The summed E-state index contributed by atoms with van der Waals surface area (Å²) in [7, 11) is -4.13. The number of carbonyl (C=O) groups is 2. The van der Waals surface area contributed by atoms with Crippen molar-refractivity contribution in [3.8, 4) is 0 Å². The Bertz CT molecular complexity index is 1220. The van der Waals surface area contributed by atoms with E-state index in [1.807, 2.05) is 0 Å². The number of hydrogen-bond donors (Lipinski definition) is 1. The van der Waals surface area contributed by atoms with Crippen molar-refractivity contribution in [2.24, 2.45) is 23.2 Å². The summed E-state index contributed by atoms with van der Waals surface area (Å²) in [5, 5.41) is 0.168. The molecule has 34 heavy (non-hydrogen) atoms. The van der Waals surface area contributed by atoms with E-state index >= 15 is 0 Å². The Balaban J connectivity index is 1.29. The highest BCUT2D eigenvalue weighted by Gasteiger charge is 2.54. The van der Waals surface area contributed by atoms with Crippen LogP contribution in [0.4, 0.5) is 5.69 Å². The minimum Gasteiger partial charge on any atom is -0.454 e. The lowest BCUT2D eigenvalue weighted by atomic mass is 9.48. The Kier molecular flexibility index (Phi) is 6.15. The third-order valence-electron chi connectivity index (χ3n) is 7.54. The van der Waals surface area contributed by atoms with Gasteiger partial charge in [0.2, 0.25) is 0 Å². The highest BCUT2D eigenvalue weighted by Crippen LogP contribution is 2.60. The van der Waals surface area contributed by atoms with Crippen molar-refractivity contribution in [1.82, 2.24) is 0 Å². The Morgan fingerprint density at radius 3 is 2.18 bits per heavy atom. The molecule has 0 amide bonds. The van der Waals surface area contributed by atoms with E-state index in [-0.39, 0.29) is 44.0 Å². The molecule has 6 nitrogen and oxygen atoms in total. The van der Waals surface area contributed by atoms with Crippen LogP contribution in [0.3, 0.4) is 0 Å². The number of rotatable bonds is 7. The number of nitrogens with one attached hydrogen (secondary N) is 1. The van der Waals surface area contributed by atoms with Crippen molar-refractivity contribution in [1.29, 1.82) is 0 Å². The van der Waals surface area contributed by atoms with Gasteiger partial charge in [-0.15, -0.1) is 0 Å². The van der Waals surface area contributed by atoms with Crippen LogP contribution in [0, 0.1) is 23.2 Å². The zero-order chi connectivity index (χ0) is 24.1. The van der Waals surface area contributed by atoms with Crippen molar-refractivity contribution >= 4 is 50.7 Å². The third-order valence-corrected chi connectivity index (χ3v) is 9.72. The second kappa shape index (κ2) is 8.85. The predicted molar refractivity (Wildman–Crippen MR) is 130 cm³/mol. The van der Waals surface area contributed by atoms with Crippen molar-refractivity contribution in [3.63, 3.8) is 0 Å². The molecule has 0 saturated heterocycles. The molecule has 180 valence electrons. The molecule has 4 aliphatic carbocycles. The number of sulfonamides is 1. The van der Waals surface area contributed by atoms with Crippen LogP contribution in [0.2, 0.25) is 10.0 Å². The van der Waals surface area contributed by atoms with Gasteiger partial charge in [0.15, 0.2) is 12.4 Å². The summed E-state index contributed by atoms with van der Waals surface area (Å²) in [5.41, 5.74) is -0.167. The van der Waals surface area contributed by atoms with Crippen LogP contribution in [0.15, 0.2) is 47.4 Å². The van der Waals surface area contributed by atoms with Gasteiger partial charge in [0, 0.05) is 5.41 Å². The number of carbonyl (C=O) groups excluding carboxylic acids is 2. The van der Waals surface area contributed by atoms with E-state index in [0.717, 1.165) is 25.3 Å². The van der Waals surface area contributed by atoms with Gasteiger partial charge >= 0.3 is 5.97 Å². The van der Waals surface area contributed by atoms with E-state index in [2.05, 4.69) is 4.72 Å². The largest absolute Gasteiger partial charge is 0.454 e. The average molecular weight is 522 g/mol. The molecule has 2 aromatic rings. The van der Waals surface area contributed by atoms with E-state index in [0.29, 0.717) is 17.8 Å². The number of anilines is 1. The van der Waals surface area contributed by atoms with Gasteiger partial charge in [-0.05, 0) is 86.6 Å². The molecule has 0 heterocycles. The first kappa shape index (κ1) is 23.6. The summed E-state index contributed by atoms with van der Waals surface area (Å²) in [6.07, 6.45) is 6.34. The minimum atomic E-state index is -4.13. The molecule has 1 N–H and O–H groups in total. The van der Waals surface area contributed by atoms with Crippen LogP contribution in [0.1, 0.15) is 48.9 Å². The summed E-state index contributed by atoms with van der Waals surface area (Å²) in [5.74, 6) is 1.06. The molecule has 0 radical (unpaired) electrons. The van der Waals surface area contributed by atoms with Gasteiger partial charge in [0.25, 0.3) is 10.0 Å². The molecule has 4 saturated carbocycles. The van der Waals surface area contributed by atoms with Crippen molar-refractivity contribution < 1.29 is 22.7 Å². The van der Waals surface area contributed by atoms with Crippen LogP contribution >= 0.6 is 23.2 Å². The normalized spacial score (nSPS) is 27.4. The summed E-state index contributed by atoms with van der Waals surface area (Å²) >= 11 is 12.2. The summed E-state index contributed by atoms with van der Waals surface area (Å²) in [6.45, 7) is -0.298. The lowest BCUT2D eigenvalue weighted by Crippen LogP contribution is -2.51. The van der Waals surface area contributed by atoms with Crippen molar-refractivity contribution in [2.75, 3.05) is 11.3 Å². The van der Waals surface area contributed by atoms with E-state index in [1.54, 1.807) is 18.2 Å². The van der Waals surface area contributed by atoms with E-state index < -0.39 is 16.0 Å². The molecule has 2 aromatic carbocycles. The molecule has 4 aliphatic rings. The molecule has 0 atom stereocenters. The fourth-order valence-corrected chi connectivity index (χ4v) is 8.25. The summed E-state index contributed by atoms with van der Waals surface area (Å²) in [4.78, 5) is 25.6. The number of para-hydroxylation sites is 1. The van der Waals surface area contributed by atoms with Crippen LogP contribution in [-0.2, 0) is 19.6 Å². The van der Waals surface area contributed by atoms with E-state index in [4.69, 9.17) is 27.9 Å². The van der Waals surface area contributed by atoms with Crippen LogP contribution in [-0.4, -0.2) is 26.8 Å². The predicted octanol–water partition coefficient (Wildman–Crippen LogP) is 5.74. The fourth-order valence-electron chi connectivity index (χ4n) is 6.40. The second-order valence-electron chi connectivity index (χ2n) is 9.93. The summed E-state index contributed by atoms with van der Waals surface area (Å²) < 4.78 is 33.6. The van der Waals surface area contributed by atoms with Crippen LogP contribution < -0.4 is 4.72 Å². The molecular weight excluding hydrogens is 497 g/mol. The first-order chi connectivity index (χ1) is 16.1. The zero-order valence-electron chi connectivity index (χ0n) is 18.4. The number of ether oxygens (including phenoxy) is 1. The summed E-state index contributed by atoms with van der Waals surface area (Å²) in [6, 6.07) is 10.2. The maximum absolute atomic E-state index is 13.1. The molecule has 0 spiro atoms. The SMILES string of the molecule is O=C(OCC(=O)C12CC3CC(CC(C3)C1)C2)c1ccc(Cl)c(S(=O)(=O)Nc2ccccc2Cl)c1. The molecule has 9 heteroatoms. The van der Waals surface area contributed by atoms with Gasteiger partial charge in [-0.2, -0.15) is 0 Å². The molecule has 0 unspecified atom stereocenters. The number of halogens is 2. The molecule has 4 fully saturated rings. The molecule has 0 aliphatic heterocycles.